The van der Waals surface area contributed by atoms with Gasteiger partial charge in [0.2, 0.25) is 5.91 Å². The monoisotopic (exact) mass is 362 g/mol. The van der Waals surface area contributed by atoms with Crippen LogP contribution in [0, 0.1) is 0 Å². The van der Waals surface area contributed by atoms with Crippen molar-refractivity contribution < 1.29 is 18.3 Å². The molecule has 3 rings (SSSR count). The molecule has 0 unspecified atom stereocenters. The molecule has 0 aliphatic rings. The lowest BCUT2D eigenvalue weighted by atomic mass is 10.1. The Morgan fingerprint density at radius 3 is 2.65 bits per heavy atom. The van der Waals surface area contributed by atoms with E-state index in [0.717, 1.165) is 10.2 Å². The average molecular weight is 362 g/mol. The molecule has 0 aliphatic heterocycles. The third-order valence-corrected chi connectivity index (χ3v) is 3.67. The smallest absolute Gasteiger partial charge is 0.387 e. The molecule has 9 heteroatoms. The number of carbonyl (C=O) groups is 1. The Bertz CT molecular complexity index is 951. The fourth-order valence-corrected chi connectivity index (χ4v) is 2.45. The maximum Gasteiger partial charge on any atom is 0.387 e. The van der Waals surface area contributed by atoms with Gasteiger partial charge in [-0.2, -0.15) is 8.78 Å². The number of pyridine rings is 1. The lowest BCUT2D eigenvalue weighted by Crippen LogP contribution is -2.33. The Hall–Kier alpha value is -3.23. The number of nitrogens with one attached hydrogen (secondary N) is 1. The first-order chi connectivity index (χ1) is 12.5. The fourth-order valence-electron chi connectivity index (χ4n) is 2.45. The summed E-state index contributed by atoms with van der Waals surface area (Å²) in [4.78, 5) is 24.1. The summed E-state index contributed by atoms with van der Waals surface area (Å²) in [6.45, 7) is -2.69. The van der Waals surface area contributed by atoms with Crippen LogP contribution in [0.1, 0.15) is 5.56 Å². The largest absolute Gasteiger partial charge is 0.435 e. The number of nitrogens with zero attached hydrogens (tertiary/aromatic N) is 3. The van der Waals surface area contributed by atoms with E-state index in [0.29, 0.717) is 18.6 Å². The van der Waals surface area contributed by atoms with Gasteiger partial charge >= 0.3 is 12.3 Å². The van der Waals surface area contributed by atoms with Gasteiger partial charge in [0.05, 0.1) is 0 Å². The van der Waals surface area contributed by atoms with Crippen LogP contribution in [0.3, 0.4) is 0 Å². The fraction of sp³-hybridized carbons (Fsp3) is 0.235. The summed E-state index contributed by atoms with van der Waals surface area (Å²) in [5, 5.41) is 6.78. The van der Waals surface area contributed by atoms with Crippen LogP contribution in [-0.2, 0) is 17.8 Å². The third-order valence-electron chi connectivity index (χ3n) is 3.67. The molecule has 0 spiro atoms. The molecular weight excluding hydrogens is 346 g/mol. The van der Waals surface area contributed by atoms with Crippen molar-refractivity contribution in [2.24, 2.45) is 0 Å². The first-order valence-electron chi connectivity index (χ1n) is 7.87. The van der Waals surface area contributed by atoms with Gasteiger partial charge in [0.25, 0.3) is 0 Å². The van der Waals surface area contributed by atoms with Crippen molar-refractivity contribution in [1.82, 2.24) is 19.5 Å². The van der Waals surface area contributed by atoms with Crippen LogP contribution in [0.15, 0.2) is 53.5 Å². The summed E-state index contributed by atoms with van der Waals surface area (Å²) in [5.74, 6) is -0.257. The van der Waals surface area contributed by atoms with Gasteiger partial charge in [-0.15, -0.1) is 5.10 Å². The first-order valence-corrected chi connectivity index (χ1v) is 7.87. The molecule has 1 N–H and O–H groups in total. The average Bonchev–Trinajstić information content (AvgIpc) is 2.92. The minimum atomic E-state index is -2.86. The SMILES string of the molecule is O=C(Cn1nc2ccccn2c1=O)NCCc1ccc(OC(F)F)cc1. The van der Waals surface area contributed by atoms with Crippen LogP contribution < -0.4 is 15.7 Å². The van der Waals surface area contributed by atoms with Crippen LogP contribution in [0.25, 0.3) is 5.65 Å². The normalized spacial score (nSPS) is 11.0. The number of hydrogen-bond acceptors (Lipinski definition) is 4. The highest BCUT2D eigenvalue weighted by Crippen LogP contribution is 2.14. The van der Waals surface area contributed by atoms with Gasteiger partial charge in [-0.25, -0.2) is 9.48 Å². The second kappa shape index (κ2) is 7.77. The van der Waals surface area contributed by atoms with E-state index in [9.17, 15) is 18.4 Å². The number of benzene rings is 1. The molecule has 0 fully saturated rings. The van der Waals surface area contributed by atoms with Crippen LogP contribution in [0.5, 0.6) is 5.75 Å². The molecule has 0 radical (unpaired) electrons. The van der Waals surface area contributed by atoms with Crippen LogP contribution in [0.2, 0.25) is 0 Å². The number of alkyl halides is 2. The van der Waals surface area contributed by atoms with Crippen molar-refractivity contribution in [3.8, 4) is 5.75 Å². The number of hydrogen-bond donors (Lipinski definition) is 1. The Morgan fingerprint density at radius 1 is 1.19 bits per heavy atom. The number of fused-ring (bicyclic) bond motifs is 1. The summed E-state index contributed by atoms with van der Waals surface area (Å²) >= 11 is 0. The second-order valence-electron chi connectivity index (χ2n) is 5.49. The number of carbonyl (C=O) groups excluding carboxylic acids is 1. The maximum atomic E-state index is 12.1. The predicted octanol–water partition coefficient (Wildman–Crippen LogP) is 1.46. The summed E-state index contributed by atoms with van der Waals surface area (Å²) in [7, 11) is 0. The van der Waals surface area contributed by atoms with Crippen molar-refractivity contribution in [2.75, 3.05) is 6.54 Å². The minimum Gasteiger partial charge on any atom is -0.435 e. The molecule has 1 amide bonds. The highest BCUT2D eigenvalue weighted by atomic mass is 19.3. The minimum absolute atomic E-state index is 0.0824. The Morgan fingerprint density at radius 2 is 1.96 bits per heavy atom. The zero-order valence-electron chi connectivity index (χ0n) is 13.6. The zero-order valence-corrected chi connectivity index (χ0v) is 13.6. The Labute approximate surface area is 146 Å². The van der Waals surface area contributed by atoms with Crippen LogP contribution in [0.4, 0.5) is 8.78 Å². The highest BCUT2D eigenvalue weighted by Gasteiger charge is 2.10. The van der Waals surface area contributed by atoms with E-state index in [1.54, 1.807) is 36.5 Å². The molecule has 2 aromatic heterocycles. The van der Waals surface area contributed by atoms with E-state index in [2.05, 4.69) is 15.2 Å². The zero-order chi connectivity index (χ0) is 18.5. The summed E-state index contributed by atoms with van der Waals surface area (Å²) in [6, 6.07) is 11.3. The first kappa shape index (κ1) is 17.6. The highest BCUT2D eigenvalue weighted by molar-refractivity contribution is 5.75. The van der Waals surface area contributed by atoms with Gasteiger partial charge in [0, 0.05) is 12.7 Å². The molecule has 1 aromatic carbocycles. The molecular formula is C17H16F2N4O3. The molecule has 0 saturated heterocycles. The molecule has 0 bridgehead atoms. The van der Waals surface area contributed by atoms with Gasteiger partial charge in [-0.1, -0.05) is 18.2 Å². The van der Waals surface area contributed by atoms with Crippen LogP contribution in [-0.4, -0.2) is 33.2 Å². The van der Waals surface area contributed by atoms with Crippen molar-refractivity contribution >= 4 is 11.6 Å². The predicted molar refractivity (Wildman–Crippen MR) is 89.2 cm³/mol. The number of ether oxygens (including phenoxy) is 1. The van der Waals surface area contributed by atoms with E-state index in [4.69, 9.17) is 0 Å². The molecule has 26 heavy (non-hydrogen) atoms. The van der Waals surface area contributed by atoms with Crippen molar-refractivity contribution in [2.45, 2.75) is 19.6 Å². The quantitative estimate of drug-likeness (QED) is 0.690. The molecule has 2 heterocycles. The molecule has 0 aliphatic carbocycles. The molecule has 0 atom stereocenters. The number of amides is 1. The van der Waals surface area contributed by atoms with Gasteiger partial charge < -0.3 is 10.1 Å². The standard InChI is InChI=1S/C17H16F2N4O3/c18-16(19)26-13-6-4-12(5-7-13)8-9-20-15(24)11-23-17(25)22-10-2-1-3-14(22)21-23/h1-7,10,16H,8-9,11H2,(H,20,24). The van der Waals surface area contributed by atoms with Gasteiger partial charge in [0.15, 0.2) is 5.65 Å². The summed E-state index contributed by atoms with van der Waals surface area (Å²) in [5.41, 5.74) is 0.943. The summed E-state index contributed by atoms with van der Waals surface area (Å²) in [6.07, 6.45) is 2.10. The molecule has 136 valence electrons. The van der Waals surface area contributed by atoms with Gasteiger partial charge in [-0.05, 0) is 36.2 Å². The lowest BCUT2D eigenvalue weighted by Gasteiger charge is -2.07. The van der Waals surface area contributed by atoms with Crippen LogP contribution >= 0.6 is 0 Å². The van der Waals surface area contributed by atoms with Gasteiger partial charge in [-0.3, -0.25) is 9.20 Å². The van der Waals surface area contributed by atoms with E-state index >= 15 is 0 Å². The number of rotatable bonds is 7. The van der Waals surface area contributed by atoms with Crippen molar-refractivity contribution in [1.29, 1.82) is 0 Å². The Balaban J connectivity index is 1.51. The lowest BCUT2D eigenvalue weighted by molar-refractivity contribution is -0.121. The second-order valence-corrected chi connectivity index (χ2v) is 5.49. The maximum absolute atomic E-state index is 12.1. The van der Waals surface area contributed by atoms with E-state index in [1.807, 2.05) is 0 Å². The van der Waals surface area contributed by atoms with E-state index < -0.39 is 6.61 Å². The topological polar surface area (TPSA) is 77.6 Å². The van der Waals surface area contributed by atoms with Crippen molar-refractivity contribution in [3.63, 3.8) is 0 Å². The molecule has 3 aromatic rings. The van der Waals surface area contributed by atoms with E-state index in [-0.39, 0.29) is 23.9 Å². The molecule has 7 nitrogen and oxygen atoms in total. The summed E-state index contributed by atoms with van der Waals surface area (Å²) < 4.78 is 30.9. The van der Waals surface area contributed by atoms with Crippen molar-refractivity contribution in [3.05, 3.63) is 64.7 Å². The molecule has 0 saturated carbocycles. The van der Waals surface area contributed by atoms with E-state index in [1.165, 1.54) is 16.5 Å². The number of aromatic nitrogens is 3. The third kappa shape index (κ3) is 4.24. The Kier molecular flexibility index (Phi) is 5.26. The number of halogens is 2. The van der Waals surface area contributed by atoms with Gasteiger partial charge in [0.1, 0.15) is 12.3 Å².